The third-order valence-corrected chi connectivity index (χ3v) is 5.40. The third-order valence-electron chi connectivity index (χ3n) is 5.40. The molecule has 5 heteroatoms. The molecule has 0 radical (unpaired) electrons. The molecule has 4 nitrogen and oxygen atoms in total. The molecule has 144 valence electrons. The van der Waals surface area contributed by atoms with E-state index in [1.165, 1.54) is 25.8 Å². The van der Waals surface area contributed by atoms with E-state index in [0.717, 1.165) is 24.8 Å². The van der Waals surface area contributed by atoms with Crippen LogP contribution in [-0.4, -0.2) is 26.2 Å². The van der Waals surface area contributed by atoms with Gasteiger partial charge in [0.25, 0.3) is 0 Å². The Morgan fingerprint density at radius 3 is 2.56 bits per heavy atom. The number of benzene rings is 2. The lowest BCUT2D eigenvalue weighted by molar-refractivity contribution is 0.0600. The van der Waals surface area contributed by atoms with Gasteiger partial charge in [-0.1, -0.05) is 18.2 Å². The minimum absolute atomic E-state index is 0.116. The summed E-state index contributed by atoms with van der Waals surface area (Å²) in [5, 5.41) is 3.65. The zero-order chi connectivity index (χ0) is 19.4. The van der Waals surface area contributed by atoms with Crippen LogP contribution in [0.3, 0.4) is 0 Å². The van der Waals surface area contributed by atoms with Gasteiger partial charge in [-0.3, -0.25) is 0 Å². The molecular formula is C22H26FNO3. The fourth-order valence-electron chi connectivity index (χ4n) is 3.84. The molecule has 0 bridgehead atoms. The lowest BCUT2D eigenvalue weighted by atomic mass is 9.96. The number of hydrogen-bond acceptors (Lipinski definition) is 4. The lowest BCUT2D eigenvalue weighted by Gasteiger charge is -2.21. The van der Waals surface area contributed by atoms with Gasteiger partial charge in [0.1, 0.15) is 0 Å². The van der Waals surface area contributed by atoms with Crippen LogP contribution in [0.15, 0.2) is 42.5 Å². The second-order valence-electron chi connectivity index (χ2n) is 7.10. The predicted molar refractivity (Wildman–Crippen MR) is 103 cm³/mol. The van der Waals surface area contributed by atoms with Crippen molar-refractivity contribution in [2.24, 2.45) is 0 Å². The summed E-state index contributed by atoms with van der Waals surface area (Å²) in [4.78, 5) is 11.6. The standard InChI is InChI=1S/C22H26FNO3/c1-14(17-9-11-20(23)21(13-17)26-2)24-19-10-8-18(12-19)15-4-6-16(7-5-15)22(25)27-3/h4-7,9,11,13-14,18-19,24H,8,10,12H2,1-3H3. The van der Waals surface area contributed by atoms with E-state index in [1.54, 1.807) is 12.1 Å². The Labute approximate surface area is 159 Å². The summed E-state index contributed by atoms with van der Waals surface area (Å²) in [7, 11) is 2.87. The van der Waals surface area contributed by atoms with E-state index < -0.39 is 0 Å². The quantitative estimate of drug-likeness (QED) is 0.754. The Morgan fingerprint density at radius 1 is 1.15 bits per heavy atom. The van der Waals surface area contributed by atoms with Crippen LogP contribution >= 0.6 is 0 Å². The first-order valence-corrected chi connectivity index (χ1v) is 9.29. The molecule has 3 rings (SSSR count). The summed E-state index contributed by atoms with van der Waals surface area (Å²) >= 11 is 0. The highest BCUT2D eigenvalue weighted by Gasteiger charge is 2.27. The van der Waals surface area contributed by atoms with Crippen LogP contribution in [-0.2, 0) is 4.74 Å². The van der Waals surface area contributed by atoms with Crippen LogP contribution < -0.4 is 10.1 Å². The number of esters is 1. The largest absolute Gasteiger partial charge is 0.494 e. The topological polar surface area (TPSA) is 47.6 Å². The van der Waals surface area contributed by atoms with Crippen LogP contribution in [0.1, 0.15) is 59.6 Å². The zero-order valence-corrected chi connectivity index (χ0v) is 16.0. The number of rotatable bonds is 6. The van der Waals surface area contributed by atoms with Crippen molar-refractivity contribution in [3.8, 4) is 5.75 Å². The summed E-state index contributed by atoms with van der Waals surface area (Å²) in [6.07, 6.45) is 3.24. The zero-order valence-electron chi connectivity index (χ0n) is 16.0. The van der Waals surface area contributed by atoms with Gasteiger partial charge in [0.15, 0.2) is 11.6 Å². The lowest BCUT2D eigenvalue weighted by Crippen LogP contribution is -2.29. The van der Waals surface area contributed by atoms with Gasteiger partial charge in [-0.2, -0.15) is 0 Å². The number of carbonyl (C=O) groups excluding carboxylic acids is 1. The first-order chi connectivity index (χ1) is 13.0. The minimum Gasteiger partial charge on any atom is -0.494 e. The second-order valence-corrected chi connectivity index (χ2v) is 7.10. The molecule has 0 saturated heterocycles. The van der Waals surface area contributed by atoms with Crippen LogP contribution in [0.2, 0.25) is 0 Å². The van der Waals surface area contributed by atoms with Crippen molar-refractivity contribution < 1.29 is 18.7 Å². The average Bonchev–Trinajstić information content (AvgIpc) is 3.16. The summed E-state index contributed by atoms with van der Waals surface area (Å²) in [6, 6.07) is 13.2. The Hall–Kier alpha value is -2.40. The van der Waals surface area contributed by atoms with Gasteiger partial charge in [0.05, 0.1) is 19.8 Å². The molecule has 0 heterocycles. The van der Waals surface area contributed by atoms with Crippen molar-refractivity contribution in [1.29, 1.82) is 0 Å². The van der Waals surface area contributed by atoms with E-state index in [9.17, 15) is 9.18 Å². The predicted octanol–water partition coefficient (Wildman–Crippen LogP) is 4.61. The van der Waals surface area contributed by atoms with Crippen molar-refractivity contribution >= 4 is 5.97 Å². The second kappa shape index (κ2) is 8.53. The normalized spacial score (nSPS) is 20.3. The van der Waals surface area contributed by atoms with Crippen LogP contribution in [0.25, 0.3) is 0 Å². The molecule has 3 unspecified atom stereocenters. The number of methoxy groups -OCH3 is 2. The molecule has 1 fully saturated rings. The SMILES string of the molecule is COC(=O)c1ccc(C2CCC(NC(C)c3ccc(F)c(OC)c3)C2)cc1. The van der Waals surface area contributed by atoms with E-state index >= 15 is 0 Å². The van der Waals surface area contributed by atoms with E-state index in [2.05, 4.69) is 12.2 Å². The van der Waals surface area contributed by atoms with Crippen molar-refractivity contribution in [3.05, 3.63) is 65.0 Å². The smallest absolute Gasteiger partial charge is 0.337 e. The minimum atomic E-state index is -0.343. The highest BCUT2D eigenvalue weighted by Crippen LogP contribution is 2.36. The molecule has 1 saturated carbocycles. The Balaban J connectivity index is 1.60. The van der Waals surface area contributed by atoms with Crippen molar-refractivity contribution in [1.82, 2.24) is 5.32 Å². The number of hydrogen-bond donors (Lipinski definition) is 1. The molecule has 3 atom stereocenters. The molecule has 1 aliphatic rings. The highest BCUT2D eigenvalue weighted by molar-refractivity contribution is 5.89. The average molecular weight is 371 g/mol. The van der Waals surface area contributed by atoms with Gasteiger partial charge in [-0.05, 0) is 67.5 Å². The van der Waals surface area contributed by atoms with E-state index in [0.29, 0.717) is 17.5 Å². The summed E-state index contributed by atoms with van der Waals surface area (Å²) in [5.41, 5.74) is 2.84. The molecular weight excluding hydrogens is 345 g/mol. The molecule has 1 N–H and O–H groups in total. The Kier molecular flexibility index (Phi) is 6.11. The molecule has 0 aliphatic heterocycles. The van der Waals surface area contributed by atoms with Gasteiger partial charge in [-0.15, -0.1) is 0 Å². The van der Waals surface area contributed by atoms with Gasteiger partial charge in [0, 0.05) is 12.1 Å². The number of nitrogens with one attached hydrogen (secondary N) is 1. The molecule has 1 aliphatic carbocycles. The molecule has 27 heavy (non-hydrogen) atoms. The van der Waals surface area contributed by atoms with Crippen molar-refractivity contribution in [2.75, 3.05) is 14.2 Å². The monoisotopic (exact) mass is 371 g/mol. The first-order valence-electron chi connectivity index (χ1n) is 9.29. The summed E-state index contributed by atoms with van der Waals surface area (Å²) in [5.74, 6) is 0.0983. The van der Waals surface area contributed by atoms with Crippen molar-refractivity contribution in [3.63, 3.8) is 0 Å². The fraction of sp³-hybridized carbons (Fsp3) is 0.409. The Morgan fingerprint density at radius 2 is 1.89 bits per heavy atom. The van der Waals surface area contributed by atoms with Crippen LogP contribution in [0.5, 0.6) is 5.75 Å². The fourth-order valence-corrected chi connectivity index (χ4v) is 3.84. The van der Waals surface area contributed by atoms with Gasteiger partial charge >= 0.3 is 5.97 Å². The maximum atomic E-state index is 13.6. The molecule has 0 amide bonds. The van der Waals surface area contributed by atoms with E-state index in [4.69, 9.17) is 9.47 Å². The first kappa shape index (κ1) is 19.4. The van der Waals surface area contributed by atoms with Crippen molar-refractivity contribution in [2.45, 2.75) is 44.2 Å². The maximum absolute atomic E-state index is 13.6. The number of ether oxygens (including phenoxy) is 2. The van der Waals surface area contributed by atoms with Crippen LogP contribution in [0, 0.1) is 5.82 Å². The highest BCUT2D eigenvalue weighted by atomic mass is 19.1. The molecule has 2 aromatic carbocycles. The van der Waals surface area contributed by atoms with Gasteiger partial charge in [-0.25, -0.2) is 9.18 Å². The van der Waals surface area contributed by atoms with Crippen LogP contribution in [0.4, 0.5) is 4.39 Å². The molecule has 0 spiro atoms. The molecule has 2 aromatic rings. The maximum Gasteiger partial charge on any atom is 0.337 e. The molecule has 0 aromatic heterocycles. The summed E-state index contributed by atoms with van der Waals surface area (Å²) in [6.45, 7) is 2.09. The third kappa shape index (κ3) is 4.48. The van der Waals surface area contributed by atoms with E-state index in [1.807, 2.05) is 24.3 Å². The Bertz CT molecular complexity index is 791. The number of carbonyl (C=O) groups is 1. The van der Waals surface area contributed by atoms with E-state index in [-0.39, 0.29) is 23.6 Å². The number of halogens is 1. The van der Waals surface area contributed by atoms with Gasteiger partial charge in [0.2, 0.25) is 0 Å². The summed E-state index contributed by atoms with van der Waals surface area (Å²) < 4.78 is 23.4. The van der Waals surface area contributed by atoms with Gasteiger partial charge < -0.3 is 14.8 Å².